The molecule has 0 amide bonds. The molecular formula is C11H25ClOSi. The van der Waals surface area contributed by atoms with E-state index in [1.807, 2.05) is 0 Å². The van der Waals surface area contributed by atoms with Crippen molar-refractivity contribution in [2.75, 3.05) is 12.5 Å². The van der Waals surface area contributed by atoms with E-state index in [9.17, 15) is 0 Å². The largest absolute Gasteiger partial charge is 0.415 e. The Kier molecular flexibility index (Phi) is 6.34. The Balaban J connectivity index is 4.76. The van der Waals surface area contributed by atoms with Crippen molar-refractivity contribution in [3.8, 4) is 0 Å². The third kappa shape index (κ3) is 2.98. The monoisotopic (exact) mass is 236 g/mol. The van der Waals surface area contributed by atoms with Crippen LogP contribution in [0.4, 0.5) is 0 Å². The maximum atomic E-state index is 6.17. The molecule has 14 heavy (non-hydrogen) atoms. The van der Waals surface area contributed by atoms with Crippen LogP contribution in [0.5, 0.6) is 0 Å². The van der Waals surface area contributed by atoms with Gasteiger partial charge in [-0.05, 0) is 16.6 Å². The molecule has 0 N–H and O–H groups in total. The summed E-state index contributed by atoms with van der Waals surface area (Å²) < 4.78 is 6.17. The molecule has 0 saturated carbocycles. The zero-order valence-corrected chi connectivity index (χ0v) is 12.2. The number of rotatable bonds is 6. The van der Waals surface area contributed by atoms with Gasteiger partial charge in [-0.25, -0.2) is 0 Å². The van der Waals surface area contributed by atoms with Gasteiger partial charge >= 0.3 is 0 Å². The van der Waals surface area contributed by atoms with Crippen LogP contribution in [0.2, 0.25) is 16.6 Å². The quantitative estimate of drug-likeness (QED) is 0.490. The van der Waals surface area contributed by atoms with Crippen LogP contribution in [0, 0.1) is 0 Å². The topological polar surface area (TPSA) is 9.23 Å². The molecule has 3 heteroatoms. The highest BCUT2D eigenvalue weighted by molar-refractivity contribution is 6.77. The van der Waals surface area contributed by atoms with Gasteiger partial charge in [-0.15, -0.1) is 11.6 Å². The lowest BCUT2D eigenvalue weighted by atomic mass is 10.5. The summed E-state index contributed by atoms with van der Waals surface area (Å²) in [5.74, 6) is 0.612. The molecule has 0 fully saturated rings. The summed E-state index contributed by atoms with van der Waals surface area (Å²) >= 11 is 5.72. The van der Waals surface area contributed by atoms with Crippen LogP contribution in [0.25, 0.3) is 0 Å². The van der Waals surface area contributed by atoms with E-state index in [4.69, 9.17) is 16.0 Å². The van der Waals surface area contributed by atoms with Gasteiger partial charge in [0.2, 0.25) is 0 Å². The molecule has 0 heterocycles. The molecule has 0 aliphatic rings. The van der Waals surface area contributed by atoms with Crippen LogP contribution >= 0.6 is 11.6 Å². The highest BCUT2D eigenvalue weighted by Gasteiger charge is 2.44. The van der Waals surface area contributed by atoms with Crippen LogP contribution in [-0.2, 0) is 4.43 Å². The number of alkyl halides is 1. The van der Waals surface area contributed by atoms with Gasteiger partial charge < -0.3 is 4.43 Å². The predicted molar refractivity (Wildman–Crippen MR) is 67.7 cm³/mol. The molecule has 0 aromatic carbocycles. The standard InChI is InChI=1S/C11H25ClOSi/c1-9(2)14(10(3)4,11(5)6)13-8-7-12/h9-11H,7-8H2,1-6H3. The van der Waals surface area contributed by atoms with Gasteiger partial charge in [-0.2, -0.15) is 0 Å². The van der Waals surface area contributed by atoms with E-state index in [0.717, 1.165) is 0 Å². The molecule has 0 rings (SSSR count). The molecule has 1 nitrogen and oxygen atoms in total. The van der Waals surface area contributed by atoms with Crippen LogP contribution < -0.4 is 0 Å². The molecule has 86 valence electrons. The second-order valence-electron chi connectivity index (χ2n) is 4.86. The first kappa shape index (κ1) is 14.5. The highest BCUT2D eigenvalue weighted by atomic mass is 35.5. The molecule has 0 aromatic rings. The molecule has 0 aliphatic heterocycles. The number of hydrogen-bond acceptors (Lipinski definition) is 1. The number of halogens is 1. The second kappa shape index (κ2) is 6.14. The Morgan fingerprint density at radius 1 is 0.929 bits per heavy atom. The summed E-state index contributed by atoms with van der Waals surface area (Å²) in [5, 5.41) is 0. The molecule has 0 saturated heterocycles. The summed E-state index contributed by atoms with van der Waals surface area (Å²) in [4.78, 5) is 0. The van der Waals surface area contributed by atoms with E-state index in [1.54, 1.807) is 0 Å². The first-order chi connectivity index (χ1) is 6.39. The summed E-state index contributed by atoms with van der Waals surface area (Å²) in [6, 6.07) is 0. The minimum atomic E-state index is -1.63. The summed E-state index contributed by atoms with van der Waals surface area (Å²) in [6.07, 6.45) is 0. The van der Waals surface area contributed by atoms with Crippen molar-refractivity contribution in [1.29, 1.82) is 0 Å². The molecule has 0 unspecified atom stereocenters. The molecule has 0 aromatic heterocycles. The summed E-state index contributed by atoms with van der Waals surface area (Å²) in [5.41, 5.74) is 1.97. The molecule has 0 radical (unpaired) electrons. The zero-order chi connectivity index (χ0) is 11.4. The van der Waals surface area contributed by atoms with Crippen LogP contribution in [0.3, 0.4) is 0 Å². The Morgan fingerprint density at radius 3 is 1.50 bits per heavy atom. The van der Waals surface area contributed by atoms with Gasteiger partial charge in [0, 0.05) is 12.5 Å². The van der Waals surface area contributed by atoms with Crippen LogP contribution in [0.1, 0.15) is 41.5 Å². The highest BCUT2D eigenvalue weighted by Crippen LogP contribution is 2.42. The van der Waals surface area contributed by atoms with Crippen LogP contribution in [0.15, 0.2) is 0 Å². The van der Waals surface area contributed by atoms with Crippen molar-refractivity contribution in [3.05, 3.63) is 0 Å². The maximum Gasteiger partial charge on any atom is 0.200 e. The fourth-order valence-electron chi connectivity index (χ4n) is 2.72. The summed E-state index contributed by atoms with van der Waals surface area (Å²) in [6.45, 7) is 14.5. The lowest BCUT2D eigenvalue weighted by molar-refractivity contribution is 0.299. The Labute approximate surface area is 95.3 Å². The van der Waals surface area contributed by atoms with E-state index < -0.39 is 8.32 Å². The van der Waals surface area contributed by atoms with E-state index in [0.29, 0.717) is 29.1 Å². The van der Waals surface area contributed by atoms with Gasteiger partial charge in [-0.3, -0.25) is 0 Å². The molecule has 0 bridgehead atoms. The summed E-state index contributed by atoms with van der Waals surface area (Å²) in [7, 11) is -1.63. The van der Waals surface area contributed by atoms with Crippen molar-refractivity contribution in [3.63, 3.8) is 0 Å². The Morgan fingerprint density at radius 2 is 1.29 bits per heavy atom. The fraction of sp³-hybridized carbons (Fsp3) is 1.00. The third-order valence-corrected chi connectivity index (χ3v) is 9.41. The van der Waals surface area contributed by atoms with Crippen molar-refractivity contribution in [1.82, 2.24) is 0 Å². The van der Waals surface area contributed by atoms with Crippen molar-refractivity contribution in [2.24, 2.45) is 0 Å². The van der Waals surface area contributed by atoms with Gasteiger partial charge in [0.15, 0.2) is 8.32 Å². The van der Waals surface area contributed by atoms with Gasteiger partial charge in [-0.1, -0.05) is 41.5 Å². The second-order valence-corrected chi connectivity index (χ2v) is 10.7. The lowest BCUT2D eigenvalue weighted by Gasteiger charge is -2.42. The zero-order valence-electron chi connectivity index (χ0n) is 10.4. The Hall–Kier alpha value is 0.467. The molecular weight excluding hydrogens is 212 g/mol. The average Bonchev–Trinajstić information content (AvgIpc) is 2.03. The first-order valence-electron chi connectivity index (χ1n) is 5.59. The van der Waals surface area contributed by atoms with Gasteiger partial charge in [0.25, 0.3) is 0 Å². The third-order valence-electron chi connectivity index (χ3n) is 3.14. The van der Waals surface area contributed by atoms with Crippen molar-refractivity contribution < 1.29 is 4.43 Å². The predicted octanol–water partition coefficient (Wildman–Crippen LogP) is 4.42. The van der Waals surface area contributed by atoms with Crippen molar-refractivity contribution >= 4 is 19.9 Å². The molecule has 0 spiro atoms. The minimum absolute atomic E-state index is 0.612. The molecule has 0 atom stereocenters. The number of hydrogen-bond donors (Lipinski definition) is 0. The smallest absolute Gasteiger partial charge is 0.200 e. The SMILES string of the molecule is CC(C)[Si](OCCCl)(C(C)C)C(C)C. The maximum absolute atomic E-state index is 6.17. The van der Waals surface area contributed by atoms with Gasteiger partial charge in [0.05, 0.1) is 0 Å². The lowest BCUT2D eigenvalue weighted by Crippen LogP contribution is -2.48. The van der Waals surface area contributed by atoms with E-state index in [1.165, 1.54) is 0 Å². The molecule has 0 aliphatic carbocycles. The van der Waals surface area contributed by atoms with Crippen LogP contribution in [-0.4, -0.2) is 20.8 Å². The first-order valence-corrected chi connectivity index (χ1v) is 8.27. The van der Waals surface area contributed by atoms with E-state index in [2.05, 4.69) is 41.5 Å². The van der Waals surface area contributed by atoms with E-state index in [-0.39, 0.29) is 0 Å². The minimum Gasteiger partial charge on any atom is -0.415 e. The van der Waals surface area contributed by atoms with E-state index >= 15 is 0 Å². The van der Waals surface area contributed by atoms with Gasteiger partial charge in [0.1, 0.15) is 0 Å². The normalized spacial score (nSPS) is 13.3. The van der Waals surface area contributed by atoms with Crippen molar-refractivity contribution in [2.45, 2.75) is 58.2 Å². The average molecular weight is 237 g/mol. The Bertz CT molecular complexity index is 136. The fourth-order valence-corrected chi connectivity index (χ4v) is 8.38.